The largest absolute Gasteiger partial charge is 0.358 e. The Morgan fingerprint density at radius 3 is 2.43 bits per heavy atom. The summed E-state index contributed by atoms with van der Waals surface area (Å²) in [5.74, 6) is 0.290. The summed E-state index contributed by atoms with van der Waals surface area (Å²) in [4.78, 5) is 36.7. The van der Waals surface area contributed by atoms with Crippen LogP contribution in [0.15, 0.2) is 42.9 Å². The molecule has 1 saturated heterocycles. The third-order valence-corrected chi connectivity index (χ3v) is 5.31. The van der Waals surface area contributed by atoms with Crippen molar-refractivity contribution in [2.24, 2.45) is 0 Å². The van der Waals surface area contributed by atoms with E-state index in [-0.39, 0.29) is 17.6 Å². The SMILES string of the molecule is CC(=O)N1CCN(C(=O)C(C)Nc2c(-c3ccc(F)cc3)nc3cnccn23)CC1. The molecule has 2 aromatic heterocycles. The van der Waals surface area contributed by atoms with Crippen LogP contribution in [0.4, 0.5) is 10.2 Å². The van der Waals surface area contributed by atoms with Gasteiger partial charge in [0, 0.05) is 51.1 Å². The molecule has 0 radical (unpaired) electrons. The number of hydrogen-bond acceptors (Lipinski definition) is 5. The molecular weight excluding hydrogens is 387 g/mol. The molecule has 1 atom stereocenters. The maximum absolute atomic E-state index is 13.4. The predicted molar refractivity (Wildman–Crippen MR) is 110 cm³/mol. The summed E-state index contributed by atoms with van der Waals surface area (Å²) in [7, 11) is 0. The second-order valence-electron chi connectivity index (χ2n) is 7.32. The molecule has 1 aromatic carbocycles. The van der Waals surface area contributed by atoms with Gasteiger partial charge in [0.05, 0.1) is 6.20 Å². The van der Waals surface area contributed by atoms with Crippen LogP contribution in [0.3, 0.4) is 0 Å². The molecule has 9 heteroatoms. The summed E-state index contributed by atoms with van der Waals surface area (Å²) in [6.45, 7) is 5.43. The number of imidazole rings is 1. The fourth-order valence-electron chi connectivity index (χ4n) is 3.64. The van der Waals surface area contributed by atoms with Crippen LogP contribution in [0.5, 0.6) is 0 Å². The standard InChI is InChI=1S/C21H23FN6O2/c1-14(21(30)27-11-9-26(10-12-27)15(2)29)24-20-19(16-3-5-17(22)6-4-16)25-18-13-23-7-8-28(18)20/h3-8,13-14,24H,9-12H2,1-2H3. The average molecular weight is 410 g/mol. The molecule has 8 nitrogen and oxygen atoms in total. The second kappa shape index (κ2) is 8.10. The van der Waals surface area contributed by atoms with Gasteiger partial charge in [0.15, 0.2) is 5.65 Å². The Bertz CT molecular complexity index is 1070. The van der Waals surface area contributed by atoms with Gasteiger partial charge in [0.25, 0.3) is 0 Å². The van der Waals surface area contributed by atoms with E-state index < -0.39 is 6.04 Å². The monoisotopic (exact) mass is 410 g/mol. The van der Waals surface area contributed by atoms with Crippen molar-refractivity contribution in [3.05, 3.63) is 48.7 Å². The van der Waals surface area contributed by atoms with E-state index in [0.717, 1.165) is 5.56 Å². The van der Waals surface area contributed by atoms with E-state index in [0.29, 0.717) is 43.3 Å². The minimum absolute atomic E-state index is 0.0246. The van der Waals surface area contributed by atoms with Crippen molar-refractivity contribution < 1.29 is 14.0 Å². The lowest BCUT2D eigenvalue weighted by Gasteiger charge is -2.35. The first-order valence-corrected chi connectivity index (χ1v) is 9.83. The summed E-state index contributed by atoms with van der Waals surface area (Å²) in [5.41, 5.74) is 1.97. The Morgan fingerprint density at radius 1 is 1.10 bits per heavy atom. The van der Waals surface area contributed by atoms with Crippen molar-refractivity contribution in [3.8, 4) is 11.3 Å². The van der Waals surface area contributed by atoms with Crippen molar-refractivity contribution >= 4 is 23.3 Å². The molecule has 2 amide bonds. The van der Waals surface area contributed by atoms with Gasteiger partial charge in [0.2, 0.25) is 11.8 Å². The number of piperazine rings is 1. The first-order valence-electron chi connectivity index (χ1n) is 9.83. The molecule has 0 aliphatic carbocycles. The maximum atomic E-state index is 13.4. The number of amides is 2. The van der Waals surface area contributed by atoms with Gasteiger partial charge in [-0.1, -0.05) is 0 Å². The first-order chi connectivity index (χ1) is 14.4. The third kappa shape index (κ3) is 3.83. The third-order valence-electron chi connectivity index (χ3n) is 5.31. The molecular formula is C21H23FN6O2. The summed E-state index contributed by atoms with van der Waals surface area (Å²) in [5, 5.41) is 3.28. The highest BCUT2D eigenvalue weighted by Gasteiger charge is 2.27. The van der Waals surface area contributed by atoms with E-state index in [9.17, 15) is 14.0 Å². The molecule has 0 bridgehead atoms. The molecule has 1 fully saturated rings. The van der Waals surface area contributed by atoms with Crippen LogP contribution in [0.2, 0.25) is 0 Å². The maximum Gasteiger partial charge on any atom is 0.244 e. The van der Waals surface area contributed by atoms with Gasteiger partial charge >= 0.3 is 0 Å². The summed E-state index contributed by atoms with van der Waals surface area (Å²) in [6, 6.07) is 5.56. The molecule has 1 N–H and O–H groups in total. The number of aromatic nitrogens is 3. The van der Waals surface area contributed by atoms with E-state index in [1.807, 2.05) is 4.40 Å². The average Bonchev–Trinajstić information content (AvgIpc) is 3.12. The van der Waals surface area contributed by atoms with Gasteiger partial charge in [-0.2, -0.15) is 0 Å². The van der Waals surface area contributed by atoms with Gasteiger partial charge in [-0.3, -0.25) is 19.0 Å². The van der Waals surface area contributed by atoms with Crippen LogP contribution in [0, 0.1) is 5.82 Å². The number of fused-ring (bicyclic) bond motifs is 1. The van der Waals surface area contributed by atoms with Crippen LogP contribution >= 0.6 is 0 Å². The van der Waals surface area contributed by atoms with Gasteiger partial charge in [-0.15, -0.1) is 0 Å². The van der Waals surface area contributed by atoms with Crippen LogP contribution in [0.25, 0.3) is 16.9 Å². The van der Waals surface area contributed by atoms with Gasteiger partial charge in [-0.25, -0.2) is 9.37 Å². The zero-order chi connectivity index (χ0) is 21.3. The summed E-state index contributed by atoms with van der Waals surface area (Å²) >= 11 is 0. The highest BCUT2D eigenvalue weighted by atomic mass is 19.1. The Morgan fingerprint density at radius 2 is 1.77 bits per heavy atom. The highest BCUT2D eigenvalue weighted by Crippen LogP contribution is 2.29. The van der Waals surface area contributed by atoms with Crippen LogP contribution in [-0.4, -0.2) is 68.2 Å². The number of carbonyl (C=O) groups is 2. The first kappa shape index (κ1) is 19.8. The van der Waals surface area contributed by atoms with E-state index in [4.69, 9.17) is 0 Å². The van der Waals surface area contributed by atoms with Crippen LogP contribution in [0.1, 0.15) is 13.8 Å². The highest BCUT2D eigenvalue weighted by molar-refractivity contribution is 5.87. The number of carbonyl (C=O) groups excluding carboxylic acids is 2. The summed E-state index contributed by atoms with van der Waals surface area (Å²) < 4.78 is 15.2. The van der Waals surface area contributed by atoms with Crippen LogP contribution in [-0.2, 0) is 9.59 Å². The lowest BCUT2D eigenvalue weighted by molar-refractivity contribution is -0.138. The number of halogens is 1. The molecule has 156 valence electrons. The molecule has 1 unspecified atom stereocenters. The van der Waals surface area contributed by atoms with Crippen LogP contribution < -0.4 is 5.32 Å². The van der Waals surface area contributed by atoms with Crippen molar-refractivity contribution in [1.82, 2.24) is 24.2 Å². The molecule has 0 spiro atoms. The van der Waals surface area contributed by atoms with E-state index in [1.54, 1.807) is 47.4 Å². The lowest BCUT2D eigenvalue weighted by Crippen LogP contribution is -2.53. The predicted octanol–water partition coefficient (Wildman–Crippen LogP) is 2.03. The number of rotatable bonds is 4. The minimum atomic E-state index is -0.513. The Balaban J connectivity index is 1.58. The Kier molecular flexibility index (Phi) is 5.35. The quantitative estimate of drug-likeness (QED) is 0.712. The lowest BCUT2D eigenvalue weighted by atomic mass is 10.1. The summed E-state index contributed by atoms with van der Waals surface area (Å²) in [6.07, 6.45) is 5.04. The molecule has 0 saturated carbocycles. The second-order valence-corrected chi connectivity index (χ2v) is 7.32. The zero-order valence-corrected chi connectivity index (χ0v) is 16.9. The minimum Gasteiger partial charge on any atom is -0.358 e. The van der Waals surface area contributed by atoms with Gasteiger partial charge in [-0.05, 0) is 31.2 Å². The van der Waals surface area contributed by atoms with Gasteiger partial charge < -0.3 is 15.1 Å². The molecule has 1 aliphatic heterocycles. The molecule has 3 heterocycles. The van der Waals surface area contributed by atoms with E-state index in [1.165, 1.54) is 19.1 Å². The van der Waals surface area contributed by atoms with Crippen molar-refractivity contribution in [2.45, 2.75) is 19.9 Å². The normalized spacial score (nSPS) is 15.3. The number of nitrogens with one attached hydrogen (secondary N) is 1. The fraction of sp³-hybridized carbons (Fsp3) is 0.333. The molecule has 1 aliphatic rings. The zero-order valence-electron chi connectivity index (χ0n) is 16.9. The smallest absolute Gasteiger partial charge is 0.244 e. The number of benzene rings is 1. The number of nitrogens with zero attached hydrogens (tertiary/aromatic N) is 5. The van der Waals surface area contributed by atoms with E-state index >= 15 is 0 Å². The molecule has 4 rings (SSSR count). The Hall–Kier alpha value is -3.49. The number of hydrogen-bond donors (Lipinski definition) is 1. The van der Waals surface area contributed by atoms with Crippen molar-refractivity contribution in [2.75, 3.05) is 31.5 Å². The van der Waals surface area contributed by atoms with Crippen molar-refractivity contribution in [3.63, 3.8) is 0 Å². The van der Waals surface area contributed by atoms with E-state index in [2.05, 4.69) is 15.3 Å². The Labute approximate surface area is 173 Å². The fourth-order valence-corrected chi connectivity index (χ4v) is 3.64. The number of anilines is 1. The topological polar surface area (TPSA) is 82.8 Å². The van der Waals surface area contributed by atoms with Crippen molar-refractivity contribution in [1.29, 1.82) is 0 Å². The molecule has 3 aromatic rings. The van der Waals surface area contributed by atoms with Gasteiger partial charge in [0.1, 0.15) is 23.4 Å². The molecule has 30 heavy (non-hydrogen) atoms.